The SMILES string of the molecule is O=C(CC1CCC1)NCC(Cc1ccccc1)C(=O)O. The van der Waals surface area contributed by atoms with Crippen LogP contribution in [0.1, 0.15) is 31.2 Å². The van der Waals surface area contributed by atoms with Gasteiger partial charge in [-0.25, -0.2) is 0 Å². The number of hydrogen-bond donors (Lipinski definition) is 2. The van der Waals surface area contributed by atoms with Crippen LogP contribution in [0.3, 0.4) is 0 Å². The summed E-state index contributed by atoms with van der Waals surface area (Å²) < 4.78 is 0. The normalized spacial score (nSPS) is 16.2. The van der Waals surface area contributed by atoms with E-state index < -0.39 is 11.9 Å². The first-order valence-corrected chi connectivity index (χ1v) is 7.18. The molecule has 1 amide bonds. The van der Waals surface area contributed by atoms with Crippen molar-refractivity contribution in [3.05, 3.63) is 35.9 Å². The van der Waals surface area contributed by atoms with Crippen molar-refractivity contribution in [2.45, 2.75) is 32.1 Å². The summed E-state index contributed by atoms with van der Waals surface area (Å²) in [6, 6.07) is 9.50. The maximum atomic E-state index is 11.7. The van der Waals surface area contributed by atoms with E-state index in [9.17, 15) is 14.7 Å². The monoisotopic (exact) mass is 275 g/mol. The van der Waals surface area contributed by atoms with E-state index in [4.69, 9.17) is 0 Å². The minimum Gasteiger partial charge on any atom is -0.481 e. The molecule has 0 saturated heterocycles. The van der Waals surface area contributed by atoms with Crippen molar-refractivity contribution >= 4 is 11.9 Å². The molecule has 0 bridgehead atoms. The summed E-state index contributed by atoms with van der Waals surface area (Å²) in [5.41, 5.74) is 0.980. The third kappa shape index (κ3) is 4.37. The van der Waals surface area contributed by atoms with E-state index in [0.717, 1.165) is 18.4 Å². The number of carbonyl (C=O) groups is 2. The van der Waals surface area contributed by atoms with Gasteiger partial charge in [-0.05, 0) is 30.7 Å². The van der Waals surface area contributed by atoms with E-state index >= 15 is 0 Å². The molecule has 1 atom stereocenters. The predicted molar refractivity (Wildman–Crippen MR) is 76.2 cm³/mol. The largest absolute Gasteiger partial charge is 0.481 e. The quantitative estimate of drug-likeness (QED) is 0.802. The van der Waals surface area contributed by atoms with Gasteiger partial charge in [-0.3, -0.25) is 9.59 Å². The Labute approximate surface area is 119 Å². The summed E-state index contributed by atoms with van der Waals surface area (Å²) in [6.45, 7) is 0.204. The minimum absolute atomic E-state index is 0.0194. The zero-order valence-electron chi connectivity index (χ0n) is 11.5. The maximum absolute atomic E-state index is 11.7. The van der Waals surface area contributed by atoms with Crippen LogP contribution in [0.4, 0.5) is 0 Å². The van der Waals surface area contributed by atoms with E-state index in [1.54, 1.807) is 0 Å². The van der Waals surface area contributed by atoms with Crippen LogP contribution in [0.25, 0.3) is 0 Å². The first-order valence-electron chi connectivity index (χ1n) is 7.18. The number of nitrogens with one attached hydrogen (secondary N) is 1. The Bertz CT molecular complexity index is 454. The van der Waals surface area contributed by atoms with Crippen LogP contribution in [-0.4, -0.2) is 23.5 Å². The molecule has 0 radical (unpaired) electrons. The molecule has 108 valence electrons. The Morgan fingerprint density at radius 1 is 1.25 bits per heavy atom. The zero-order chi connectivity index (χ0) is 14.4. The van der Waals surface area contributed by atoms with Crippen molar-refractivity contribution in [3.8, 4) is 0 Å². The highest BCUT2D eigenvalue weighted by molar-refractivity contribution is 5.77. The van der Waals surface area contributed by atoms with Crippen LogP contribution in [-0.2, 0) is 16.0 Å². The standard InChI is InChI=1S/C16H21NO3/c18-15(10-13-7-4-8-13)17-11-14(16(19)20)9-12-5-2-1-3-6-12/h1-3,5-6,13-14H,4,7-11H2,(H,17,18)(H,19,20). The van der Waals surface area contributed by atoms with Crippen LogP contribution in [0.15, 0.2) is 30.3 Å². The molecule has 1 aromatic carbocycles. The Kier molecular flexibility index (Phi) is 5.16. The van der Waals surface area contributed by atoms with Crippen molar-refractivity contribution in [2.24, 2.45) is 11.8 Å². The summed E-state index contributed by atoms with van der Waals surface area (Å²) >= 11 is 0. The number of carboxylic acids is 1. The molecule has 0 aliphatic heterocycles. The molecule has 1 aromatic rings. The van der Waals surface area contributed by atoms with Crippen LogP contribution < -0.4 is 5.32 Å². The molecule has 0 spiro atoms. The number of amides is 1. The minimum atomic E-state index is -0.863. The molecule has 1 saturated carbocycles. The number of rotatable bonds is 7. The van der Waals surface area contributed by atoms with Gasteiger partial charge >= 0.3 is 5.97 Å². The molecule has 1 unspecified atom stereocenters. The second-order valence-corrected chi connectivity index (χ2v) is 5.53. The molecular weight excluding hydrogens is 254 g/mol. The number of hydrogen-bond acceptors (Lipinski definition) is 2. The van der Waals surface area contributed by atoms with Gasteiger partial charge in [0.15, 0.2) is 0 Å². The van der Waals surface area contributed by atoms with Crippen molar-refractivity contribution in [2.75, 3.05) is 6.54 Å². The smallest absolute Gasteiger partial charge is 0.308 e. The van der Waals surface area contributed by atoms with Crippen molar-refractivity contribution < 1.29 is 14.7 Å². The lowest BCUT2D eigenvalue weighted by atomic mass is 9.83. The van der Waals surface area contributed by atoms with Gasteiger partial charge in [-0.1, -0.05) is 36.8 Å². The maximum Gasteiger partial charge on any atom is 0.308 e. The number of carbonyl (C=O) groups excluding carboxylic acids is 1. The summed E-state index contributed by atoms with van der Waals surface area (Å²) in [5.74, 6) is -0.943. The molecule has 2 rings (SSSR count). The summed E-state index contributed by atoms with van der Waals surface area (Å²) in [5, 5.41) is 12.0. The molecule has 1 fully saturated rings. The molecule has 0 aromatic heterocycles. The van der Waals surface area contributed by atoms with Gasteiger partial charge in [0, 0.05) is 13.0 Å². The molecule has 20 heavy (non-hydrogen) atoms. The summed E-state index contributed by atoms with van der Waals surface area (Å²) in [4.78, 5) is 23.0. The van der Waals surface area contributed by atoms with Gasteiger partial charge in [0.25, 0.3) is 0 Å². The third-order valence-corrected chi connectivity index (χ3v) is 3.92. The number of carboxylic acid groups (broad SMARTS) is 1. The summed E-state index contributed by atoms with van der Waals surface area (Å²) in [6.07, 6.45) is 4.45. The highest BCUT2D eigenvalue weighted by atomic mass is 16.4. The fraction of sp³-hybridized carbons (Fsp3) is 0.500. The third-order valence-electron chi connectivity index (χ3n) is 3.92. The molecule has 2 N–H and O–H groups in total. The van der Waals surface area contributed by atoms with E-state index in [1.165, 1.54) is 6.42 Å². The predicted octanol–water partition coefficient (Wildman–Crippen LogP) is 2.24. The molecule has 4 heteroatoms. The molecule has 1 aliphatic carbocycles. The van der Waals surface area contributed by atoms with Crippen molar-refractivity contribution in [3.63, 3.8) is 0 Å². The lowest BCUT2D eigenvalue weighted by Crippen LogP contribution is -2.35. The molecule has 1 aliphatic rings. The second-order valence-electron chi connectivity index (χ2n) is 5.53. The van der Waals surface area contributed by atoms with Gasteiger partial charge in [-0.2, -0.15) is 0 Å². The first-order chi connectivity index (χ1) is 9.65. The van der Waals surface area contributed by atoms with Gasteiger partial charge in [0.2, 0.25) is 5.91 Å². The van der Waals surface area contributed by atoms with E-state index in [2.05, 4.69) is 5.32 Å². The van der Waals surface area contributed by atoms with Gasteiger partial charge in [0.05, 0.1) is 5.92 Å². The number of benzene rings is 1. The van der Waals surface area contributed by atoms with E-state index in [-0.39, 0.29) is 12.5 Å². The zero-order valence-corrected chi connectivity index (χ0v) is 11.5. The van der Waals surface area contributed by atoms with Crippen LogP contribution in [0.2, 0.25) is 0 Å². The van der Waals surface area contributed by atoms with Gasteiger partial charge < -0.3 is 10.4 Å². The fourth-order valence-corrected chi connectivity index (χ4v) is 2.41. The lowest BCUT2D eigenvalue weighted by molar-refractivity contribution is -0.141. The van der Waals surface area contributed by atoms with Crippen molar-refractivity contribution in [1.82, 2.24) is 5.32 Å². The Balaban J connectivity index is 1.79. The molecule has 4 nitrogen and oxygen atoms in total. The first kappa shape index (κ1) is 14.6. The van der Waals surface area contributed by atoms with Crippen molar-refractivity contribution in [1.29, 1.82) is 0 Å². The molecular formula is C16H21NO3. The van der Waals surface area contributed by atoms with Gasteiger partial charge in [0.1, 0.15) is 0 Å². The molecule has 0 heterocycles. The average molecular weight is 275 g/mol. The average Bonchev–Trinajstić information content (AvgIpc) is 2.39. The van der Waals surface area contributed by atoms with E-state index in [0.29, 0.717) is 18.8 Å². The Morgan fingerprint density at radius 2 is 1.95 bits per heavy atom. The summed E-state index contributed by atoms with van der Waals surface area (Å²) in [7, 11) is 0. The lowest BCUT2D eigenvalue weighted by Gasteiger charge is -2.24. The highest BCUT2D eigenvalue weighted by Gasteiger charge is 2.22. The van der Waals surface area contributed by atoms with Crippen LogP contribution in [0.5, 0.6) is 0 Å². The Hall–Kier alpha value is -1.84. The topological polar surface area (TPSA) is 66.4 Å². The van der Waals surface area contributed by atoms with Crippen LogP contribution in [0, 0.1) is 11.8 Å². The van der Waals surface area contributed by atoms with E-state index in [1.807, 2.05) is 30.3 Å². The second kappa shape index (κ2) is 7.08. The highest BCUT2D eigenvalue weighted by Crippen LogP contribution is 2.29. The Morgan fingerprint density at radius 3 is 2.50 bits per heavy atom. The van der Waals surface area contributed by atoms with Gasteiger partial charge in [-0.15, -0.1) is 0 Å². The number of aliphatic carboxylic acids is 1. The fourth-order valence-electron chi connectivity index (χ4n) is 2.41. The van der Waals surface area contributed by atoms with Crippen LogP contribution >= 0.6 is 0 Å².